The van der Waals surface area contributed by atoms with Gasteiger partial charge in [0, 0.05) is 18.5 Å². The molecule has 2 N–H and O–H groups in total. The molecular formula is C21H24N4O. The predicted octanol–water partition coefficient (Wildman–Crippen LogP) is 3.77. The maximum Gasteiger partial charge on any atom is 0.227 e. The molecular weight excluding hydrogens is 324 g/mol. The lowest BCUT2D eigenvalue weighted by molar-refractivity contribution is 0.276. The molecule has 0 spiro atoms. The molecule has 134 valence electrons. The van der Waals surface area contributed by atoms with Crippen molar-refractivity contribution in [3.05, 3.63) is 60.2 Å². The summed E-state index contributed by atoms with van der Waals surface area (Å²) in [4.78, 5) is 11.9. The summed E-state index contributed by atoms with van der Waals surface area (Å²) in [6.07, 6.45) is 3.64. The number of fused-ring (bicyclic) bond motifs is 1. The summed E-state index contributed by atoms with van der Waals surface area (Å²) >= 11 is 0. The lowest BCUT2D eigenvalue weighted by Crippen LogP contribution is -2.31. The molecule has 0 bridgehead atoms. The van der Waals surface area contributed by atoms with Crippen molar-refractivity contribution in [1.82, 2.24) is 9.97 Å². The molecule has 0 aliphatic carbocycles. The largest absolute Gasteiger partial charge is 0.394 e. The maximum absolute atomic E-state index is 9.91. The van der Waals surface area contributed by atoms with Gasteiger partial charge >= 0.3 is 0 Å². The fraction of sp³-hybridized carbons (Fsp3) is 0.333. The summed E-state index contributed by atoms with van der Waals surface area (Å²) in [5.74, 6) is 1.55. The highest BCUT2D eigenvalue weighted by molar-refractivity contribution is 5.90. The van der Waals surface area contributed by atoms with E-state index < -0.39 is 0 Å². The third-order valence-electron chi connectivity index (χ3n) is 4.93. The van der Waals surface area contributed by atoms with Crippen LogP contribution in [0.1, 0.15) is 30.9 Å². The molecule has 26 heavy (non-hydrogen) atoms. The first kappa shape index (κ1) is 16.8. The van der Waals surface area contributed by atoms with Gasteiger partial charge in [-0.05, 0) is 37.0 Å². The number of benzene rings is 2. The van der Waals surface area contributed by atoms with Crippen LogP contribution in [0.15, 0.2) is 54.6 Å². The number of piperidine rings is 1. The monoisotopic (exact) mass is 348 g/mol. The maximum atomic E-state index is 9.91. The minimum atomic E-state index is -0.205. The van der Waals surface area contributed by atoms with Crippen molar-refractivity contribution in [2.75, 3.05) is 29.9 Å². The van der Waals surface area contributed by atoms with Crippen molar-refractivity contribution in [2.24, 2.45) is 0 Å². The van der Waals surface area contributed by atoms with Crippen LogP contribution >= 0.6 is 0 Å². The summed E-state index contributed by atoms with van der Waals surface area (Å²) in [7, 11) is 0. The third-order valence-corrected chi connectivity index (χ3v) is 4.93. The molecule has 0 radical (unpaired) electrons. The van der Waals surface area contributed by atoms with Crippen molar-refractivity contribution in [2.45, 2.75) is 25.3 Å². The Kier molecular flexibility index (Phi) is 4.97. The molecule has 0 saturated carbocycles. The standard InChI is InChI=1S/C21H24N4O/c26-15-19(16-9-3-1-4-10-16)22-20-17-11-5-6-12-18(17)23-21(24-20)25-13-7-2-8-14-25/h1,3-6,9-12,19,26H,2,7-8,13-15H2,(H,22,23,24). The van der Waals surface area contributed by atoms with Crippen LogP contribution in [0.25, 0.3) is 10.9 Å². The molecule has 5 heteroatoms. The summed E-state index contributed by atoms with van der Waals surface area (Å²) in [6.45, 7) is 2.00. The quantitative estimate of drug-likeness (QED) is 0.735. The Morgan fingerprint density at radius 1 is 0.923 bits per heavy atom. The zero-order valence-electron chi connectivity index (χ0n) is 14.8. The van der Waals surface area contributed by atoms with E-state index in [9.17, 15) is 5.11 Å². The van der Waals surface area contributed by atoms with E-state index in [1.54, 1.807) is 0 Å². The molecule has 1 aliphatic rings. The van der Waals surface area contributed by atoms with E-state index >= 15 is 0 Å². The zero-order valence-corrected chi connectivity index (χ0v) is 14.8. The van der Waals surface area contributed by atoms with Crippen LogP contribution in [0.5, 0.6) is 0 Å². The van der Waals surface area contributed by atoms with E-state index in [1.807, 2.05) is 54.6 Å². The number of para-hydroxylation sites is 1. The molecule has 1 atom stereocenters. The molecule has 0 amide bonds. The van der Waals surface area contributed by atoms with Gasteiger partial charge in [-0.25, -0.2) is 4.98 Å². The van der Waals surface area contributed by atoms with Crippen LogP contribution in [0, 0.1) is 0 Å². The molecule has 1 aromatic heterocycles. The van der Waals surface area contributed by atoms with Gasteiger partial charge in [-0.3, -0.25) is 0 Å². The minimum absolute atomic E-state index is 0.00138. The van der Waals surface area contributed by atoms with Crippen LogP contribution in [-0.2, 0) is 0 Å². The first-order chi connectivity index (χ1) is 12.8. The fourth-order valence-corrected chi connectivity index (χ4v) is 3.49. The second-order valence-electron chi connectivity index (χ2n) is 6.73. The summed E-state index contributed by atoms with van der Waals surface area (Å²) in [5, 5.41) is 14.3. The van der Waals surface area contributed by atoms with Gasteiger partial charge < -0.3 is 15.3 Å². The number of rotatable bonds is 5. The van der Waals surface area contributed by atoms with Crippen molar-refractivity contribution in [3.63, 3.8) is 0 Å². The van der Waals surface area contributed by atoms with Crippen molar-refractivity contribution >= 4 is 22.7 Å². The lowest BCUT2D eigenvalue weighted by atomic mass is 10.1. The molecule has 5 nitrogen and oxygen atoms in total. The summed E-state index contributed by atoms with van der Waals surface area (Å²) < 4.78 is 0. The number of nitrogens with zero attached hydrogens (tertiary/aromatic N) is 3. The topological polar surface area (TPSA) is 61.3 Å². The SMILES string of the molecule is OCC(Nc1nc(N2CCCCC2)nc2ccccc12)c1ccccc1. The van der Waals surface area contributed by atoms with E-state index in [1.165, 1.54) is 19.3 Å². The molecule has 1 fully saturated rings. The summed E-state index contributed by atoms with van der Waals surface area (Å²) in [6, 6.07) is 17.8. The fourth-order valence-electron chi connectivity index (χ4n) is 3.49. The van der Waals surface area contributed by atoms with Crippen molar-refractivity contribution in [1.29, 1.82) is 0 Å². The van der Waals surface area contributed by atoms with Gasteiger partial charge in [0.2, 0.25) is 5.95 Å². The average Bonchev–Trinajstić information content (AvgIpc) is 2.73. The number of aromatic nitrogens is 2. The molecule has 4 rings (SSSR count). The van der Waals surface area contributed by atoms with Gasteiger partial charge in [-0.2, -0.15) is 4.98 Å². The number of hydrogen-bond donors (Lipinski definition) is 2. The Balaban J connectivity index is 1.72. The van der Waals surface area contributed by atoms with Gasteiger partial charge in [-0.1, -0.05) is 42.5 Å². The first-order valence-electron chi connectivity index (χ1n) is 9.29. The van der Waals surface area contributed by atoms with Gasteiger partial charge in [0.1, 0.15) is 5.82 Å². The zero-order chi connectivity index (χ0) is 17.8. The number of aliphatic hydroxyl groups is 1. The Labute approximate surface area is 153 Å². The second-order valence-corrected chi connectivity index (χ2v) is 6.73. The number of anilines is 2. The van der Waals surface area contributed by atoms with Gasteiger partial charge in [0.15, 0.2) is 0 Å². The van der Waals surface area contributed by atoms with E-state index in [0.717, 1.165) is 41.3 Å². The Hall–Kier alpha value is -2.66. The van der Waals surface area contributed by atoms with Crippen LogP contribution < -0.4 is 10.2 Å². The molecule has 2 aromatic carbocycles. The van der Waals surface area contributed by atoms with Crippen LogP contribution in [0.3, 0.4) is 0 Å². The molecule has 1 aliphatic heterocycles. The molecule has 3 aromatic rings. The minimum Gasteiger partial charge on any atom is -0.394 e. The summed E-state index contributed by atoms with van der Waals surface area (Å²) in [5.41, 5.74) is 1.97. The van der Waals surface area contributed by atoms with E-state index in [0.29, 0.717) is 0 Å². The average molecular weight is 348 g/mol. The Bertz CT molecular complexity index is 862. The second kappa shape index (κ2) is 7.70. The molecule has 1 unspecified atom stereocenters. The molecule has 2 heterocycles. The van der Waals surface area contributed by atoms with Crippen LogP contribution in [-0.4, -0.2) is 34.8 Å². The van der Waals surface area contributed by atoms with Crippen LogP contribution in [0.2, 0.25) is 0 Å². The Morgan fingerprint density at radius 2 is 1.65 bits per heavy atom. The van der Waals surface area contributed by atoms with E-state index in [2.05, 4.69) is 10.2 Å². The highest BCUT2D eigenvalue weighted by atomic mass is 16.3. The van der Waals surface area contributed by atoms with Gasteiger partial charge in [-0.15, -0.1) is 0 Å². The van der Waals surface area contributed by atoms with E-state index in [-0.39, 0.29) is 12.6 Å². The molecule has 1 saturated heterocycles. The van der Waals surface area contributed by atoms with Gasteiger partial charge in [0.05, 0.1) is 18.2 Å². The first-order valence-corrected chi connectivity index (χ1v) is 9.29. The van der Waals surface area contributed by atoms with Crippen molar-refractivity contribution < 1.29 is 5.11 Å². The number of hydrogen-bond acceptors (Lipinski definition) is 5. The predicted molar refractivity (Wildman–Crippen MR) is 105 cm³/mol. The number of nitrogens with one attached hydrogen (secondary N) is 1. The van der Waals surface area contributed by atoms with Crippen LogP contribution in [0.4, 0.5) is 11.8 Å². The Morgan fingerprint density at radius 3 is 2.42 bits per heavy atom. The highest BCUT2D eigenvalue weighted by Gasteiger charge is 2.18. The number of aliphatic hydroxyl groups excluding tert-OH is 1. The smallest absolute Gasteiger partial charge is 0.227 e. The lowest BCUT2D eigenvalue weighted by Gasteiger charge is -2.27. The van der Waals surface area contributed by atoms with E-state index in [4.69, 9.17) is 9.97 Å². The normalized spacial score (nSPS) is 15.8. The van der Waals surface area contributed by atoms with Crippen molar-refractivity contribution in [3.8, 4) is 0 Å². The highest BCUT2D eigenvalue weighted by Crippen LogP contribution is 2.28. The van der Waals surface area contributed by atoms with Gasteiger partial charge in [0.25, 0.3) is 0 Å². The third kappa shape index (κ3) is 3.48.